The minimum absolute atomic E-state index is 0.124. The van der Waals surface area contributed by atoms with Crippen LogP contribution in [0.15, 0.2) is 18.5 Å². The van der Waals surface area contributed by atoms with Crippen molar-refractivity contribution in [3.8, 4) is 6.07 Å². The number of imidazole rings is 1. The highest BCUT2D eigenvalue weighted by Crippen LogP contribution is 2.15. The summed E-state index contributed by atoms with van der Waals surface area (Å²) in [4.78, 5) is 16.6. The third-order valence-electron chi connectivity index (χ3n) is 3.66. The molecular weight excluding hydrogens is 280 g/mol. The van der Waals surface area contributed by atoms with Gasteiger partial charge in [0.25, 0.3) is 0 Å². The number of rotatable bonds is 5. The smallest absolute Gasteiger partial charge is 0.231 e. The van der Waals surface area contributed by atoms with Gasteiger partial charge in [0.05, 0.1) is 31.1 Å². The first-order chi connectivity index (χ1) is 10.7. The van der Waals surface area contributed by atoms with E-state index in [-0.39, 0.29) is 12.3 Å². The highest BCUT2D eigenvalue weighted by atomic mass is 16.1. The average Bonchev–Trinajstić information content (AvgIpc) is 3.10. The lowest BCUT2D eigenvalue weighted by Crippen LogP contribution is -2.15. The monoisotopic (exact) mass is 298 g/mol. The standard InChI is InChI=1S/C15H18N6O/c16-6-3-8-21-9-5-13(19-21)18-15(22)10-12-11-20-7-2-1-4-14(20)17-12/h5,9,11H,1-4,7-8,10H2,(H,18,19,22). The molecular formula is C15H18N6O. The van der Waals surface area contributed by atoms with Crippen LogP contribution < -0.4 is 5.32 Å². The SMILES string of the molecule is N#CCCn1ccc(NC(=O)Cc2cn3c(n2)CCCC3)n1. The van der Waals surface area contributed by atoms with Crippen LogP contribution in [0.25, 0.3) is 0 Å². The lowest BCUT2D eigenvalue weighted by Gasteiger charge is -2.11. The summed E-state index contributed by atoms with van der Waals surface area (Å²) in [5.41, 5.74) is 0.804. The van der Waals surface area contributed by atoms with Crippen molar-refractivity contribution in [3.63, 3.8) is 0 Å². The molecule has 7 heteroatoms. The van der Waals surface area contributed by atoms with Crippen LogP contribution in [0.3, 0.4) is 0 Å². The first kappa shape index (κ1) is 14.3. The molecule has 2 aromatic rings. The molecule has 0 aliphatic carbocycles. The maximum absolute atomic E-state index is 12.1. The van der Waals surface area contributed by atoms with Gasteiger partial charge in [0.15, 0.2) is 5.82 Å². The van der Waals surface area contributed by atoms with E-state index in [1.54, 1.807) is 16.9 Å². The fourth-order valence-electron chi connectivity index (χ4n) is 2.63. The predicted octanol–water partition coefficient (Wildman–Crippen LogP) is 1.51. The van der Waals surface area contributed by atoms with Gasteiger partial charge in [0.2, 0.25) is 5.91 Å². The summed E-state index contributed by atoms with van der Waals surface area (Å²) in [5, 5.41) is 15.5. The van der Waals surface area contributed by atoms with Crippen molar-refractivity contribution in [1.29, 1.82) is 5.26 Å². The zero-order chi connectivity index (χ0) is 15.4. The van der Waals surface area contributed by atoms with E-state index >= 15 is 0 Å². The number of carbonyl (C=O) groups is 1. The van der Waals surface area contributed by atoms with Crippen LogP contribution >= 0.6 is 0 Å². The van der Waals surface area contributed by atoms with Gasteiger partial charge in [-0.2, -0.15) is 10.4 Å². The molecule has 0 saturated carbocycles. The normalized spacial score (nSPS) is 13.4. The first-order valence-electron chi connectivity index (χ1n) is 7.50. The molecule has 7 nitrogen and oxygen atoms in total. The number of amides is 1. The second-order valence-corrected chi connectivity index (χ2v) is 5.40. The molecule has 1 amide bonds. The number of anilines is 1. The van der Waals surface area contributed by atoms with Crippen LogP contribution in [0.5, 0.6) is 0 Å². The number of aryl methyl sites for hydroxylation is 3. The van der Waals surface area contributed by atoms with Gasteiger partial charge in [-0.1, -0.05) is 0 Å². The van der Waals surface area contributed by atoms with Crippen LogP contribution in [0.2, 0.25) is 0 Å². The van der Waals surface area contributed by atoms with Crippen molar-refractivity contribution < 1.29 is 4.79 Å². The quantitative estimate of drug-likeness (QED) is 0.906. The lowest BCUT2D eigenvalue weighted by atomic mass is 10.2. The Morgan fingerprint density at radius 3 is 3.18 bits per heavy atom. The fourth-order valence-corrected chi connectivity index (χ4v) is 2.63. The zero-order valence-electron chi connectivity index (χ0n) is 12.3. The molecule has 0 bridgehead atoms. The topological polar surface area (TPSA) is 88.5 Å². The molecule has 3 rings (SSSR count). The largest absolute Gasteiger partial charge is 0.335 e. The third-order valence-corrected chi connectivity index (χ3v) is 3.66. The number of nitriles is 1. The molecule has 0 aromatic carbocycles. The summed E-state index contributed by atoms with van der Waals surface area (Å²) in [6.45, 7) is 1.52. The van der Waals surface area contributed by atoms with E-state index in [0.29, 0.717) is 18.8 Å². The van der Waals surface area contributed by atoms with Crippen molar-refractivity contribution in [2.24, 2.45) is 0 Å². The van der Waals surface area contributed by atoms with Crippen molar-refractivity contribution in [2.45, 2.75) is 45.2 Å². The molecule has 0 atom stereocenters. The van der Waals surface area contributed by atoms with E-state index in [1.165, 1.54) is 12.8 Å². The average molecular weight is 298 g/mol. The van der Waals surface area contributed by atoms with Gasteiger partial charge in [-0.15, -0.1) is 0 Å². The Morgan fingerprint density at radius 1 is 1.45 bits per heavy atom. The number of nitrogens with zero attached hydrogens (tertiary/aromatic N) is 5. The molecule has 0 spiro atoms. The molecule has 0 saturated heterocycles. The Labute approximate surface area is 128 Å². The number of carbonyl (C=O) groups excluding carboxylic acids is 1. The number of nitrogens with one attached hydrogen (secondary N) is 1. The molecule has 22 heavy (non-hydrogen) atoms. The van der Waals surface area contributed by atoms with Crippen LogP contribution in [0.1, 0.15) is 30.8 Å². The summed E-state index contributed by atoms with van der Waals surface area (Å²) in [6, 6.07) is 3.79. The maximum atomic E-state index is 12.1. The maximum Gasteiger partial charge on any atom is 0.231 e. The predicted molar refractivity (Wildman–Crippen MR) is 80.0 cm³/mol. The second-order valence-electron chi connectivity index (χ2n) is 5.40. The highest BCUT2D eigenvalue weighted by molar-refractivity contribution is 5.91. The molecule has 0 radical (unpaired) electrons. The van der Waals surface area contributed by atoms with Crippen LogP contribution in [-0.4, -0.2) is 25.2 Å². The Hall–Kier alpha value is -2.62. The second kappa shape index (κ2) is 6.43. The van der Waals surface area contributed by atoms with E-state index in [1.807, 2.05) is 6.20 Å². The molecule has 0 fully saturated rings. The summed E-state index contributed by atoms with van der Waals surface area (Å²) < 4.78 is 3.79. The van der Waals surface area contributed by atoms with Crippen molar-refractivity contribution in [3.05, 3.63) is 30.0 Å². The summed E-state index contributed by atoms with van der Waals surface area (Å²) in [6.07, 6.45) is 7.71. The van der Waals surface area contributed by atoms with E-state index in [4.69, 9.17) is 5.26 Å². The van der Waals surface area contributed by atoms with Crippen molar-refractivity contribution >= 4 is 11.7 Å². The minimum Gasteiger partial charge on any atom is -0.335 e. The molecule has 1 N–H and O–H groups in total. The van der Waals surface area contributed by atoms with Gasteiger partial charge < -0.3 is 9.88 Å². The van der Waals surface area contributed by atoms with E-state index < -0.39 is 0 Å². The van der Waals surface area contributed by atoms with Crippen LogP contribution in [0, 0.1) is 11.3 Å². The highest BCUT2D eigenvalue weighted by Gasteiger charge is 2.14. The van der Waals surface area contributed by atoms with E-state index in [9.17, 15) is 4.79 Å². The van der Waals surface area contributed by atoms with Gasteiger partial charge >= 0.3 is 0 Å². The molecule has 0 unspecified atom stereocenters. The van der Waals surface area contributed by atoms with Gasteiger partial charge in [-0.05, 0) is 12.8 Å². The van der Waals surface area contributed by atoms with Crippen molar-refractivity contribution in [2.75, 3.05) is 5.32 Å². The summed E-state index contributed by atoms with van der Waals surface area (Å²) in [7, 11) is 0. The van der Waals surface area contributed by atoms with Gasteiger partial charge in [0.1, 0.15) is 5.82 Å². The Bertz CT molecular complexity index is 684. The molecule has 2 aromatic heterocycles. The van der Waals surface area contributed by atoms with E-state index in [0.717, 1.165) is 24.5 Å². The zero-order valence-corrected chi connectivity index (χ0v) is 12.3. The van der Waals surface area contributed by atoms with Crippen molar-refractivity contribution in [1.82, 2.24) is 19.3 Å². The third kappa shape index (κ3) is 3.34. The minimum atomic E-state index is -0.124. The summed E-state index contributed by atoms with van der Waals surface area (Å²) in [5.74, 6) is 1.46. The van der Waals surface area contributed by atoms with Gasteiger partial charge in [0, 0.05) is 31.4 Å². The fraction of sp³-hybridized carbons (Fsp3) is 0.467. The number of hydrogen-bond acceptors (Lipinski definition) is 4. The number of aromatic nitrogens is 4. The Balaban J connectivity index is 1.57. The molecule has 3 heterocycles. The van der Waals surface area contributed by atoms with Crippen LogP contribution in [-0.2, 0) is 30.7 Å². The molecule has 1 aliphatic heterocycles. The summed E-state index contributed by atoms with van der Waals surface area (Å²) >= 11 is 0. The number of hydrogen-bond donors (Lipinski definition) is 1. The Morgan fingerprint density at radius 2 is 2.36 bits per heavy atom. The lowest BCUT2D eigenvalue weighted by molar-refractivity contribution is -0.115. The van der Waals surface area contributed by atoms with Gasteiger partial charge in [-0.3, -0.25) is 9.48 Å². The van der Waals surface area contributed by atoms with Gasteiger partial charge in [-0.25, -0.2) is 4.98 Å². The molecule has 114 valence electrons. The first-order valence-corrected chi connectivity index (χ1v) is 7.50. The Kier molecular flexibility index (Phi) is 4.19. The van der Waals surface area contributed by atoms with E-state index in [2.05, 4.69) is 26.0 Å². The number of fused-ring (bicyclic) bond motifs is 1. The van der Waals surface area contributed by atoms with Crippen LogP contribution in [0.4, 0.5) is 5.82 Å². The molecule has 1 aliphatic rings.